The summed E-state index contributed by atoms with van der Waals surface area (Å²) < 4.78 is 26.3. The van der Waals surface area contributed by atoms with Gasteiger partial charge in [0.2, 0.25) is 10.0 Å². The van der Waals surface area contributed by atoms with Crippen LogP contribution in [0.25, 0.3) is 0 Å². The molecule has 0 aromatic heterocycles. The van der Waals surface area contributed by atoms with Gasteiger partial charge in [-0.25, -0.2) is 8.42 Å². The fourth-order valence-corrected chi connectivity index (χ4v) is 4.84. The summed E-state index contributed by atoms with van der Waals surface area (Å²) in [5, 5.41) is 0. The van der Waals surface area contributed by atoms with Gasteiger partial charge < -0.3 is 4.90 Å². The minimum atomic E-state index is -3.61. The first kappa shape index (κ1) is 19.4. The molecule has 0 saturated carbocycles. The number of sulfonamides is 1. The molecule has 0 N–H and O–H groups in total. The highest BCUT2D eigenvalue weighted by molar-refractivity contribution is 7.92. The number of fused-ring (bicyclic) bond motifs is 1. The summed E-state index contributed by atoms with van der Waals surface area (Å²) in [5.74, 6) is -0.202. The van der Waals surface area contributed by atoms with Gasteiger partial charge in [-0.2, -0.15) is 0 Å². The van der Waals surface area contributed by atoms with Crippen LogP contribution in [0.2, 0.25) is 0 Å². The zero-order chi connectivity index (χ0) is 19.6. The Labute approximate surface area is 161 Å². The molecule has 1 aliphatic rings. The van der Waals surface area contributed by atoms with Crippen molar-refractivity contribution < 1.29 is 13.2 Å². The van der Waals surface area contributed by atoms with Crippen LogP contribution < -0.4 is 9.21 Å². The number of hydrogen-bond donors (Lipinski definition) is 0. The standard InChI is InChI=1S/C21H26N2O3S/c1-4-17-11-13-19(14-12-17)23(27(3,25)26)16(2)21(24)22-15-7-9-18-8-5-6-10-20(18)22/h5-6,8,10-14,16H,4,7,9,15H2,1-3H3. The lowest BCUT2D eigenvalue weighted by Gasteiger charge is -2.35. The first-order valence-corrected chi connectivity index (χ1v) is 11.2. The SMILES string of the molecule is CCc1ccc(N(C(C)C(=O)N2CCCc3ccccc32)S(C)(=O)=O)cc1. The Morgan fingerprint density at radius 1 is 1.15 bits per heavy atom. The zero-order valence-electron chi connectivity index (χ0n) is 16.1. The molecule has 1 aliphatic heterocycles. The summed E-state index contributed by atoms with van der Waals surface area (Å²) in [5.41, 5.74) is 3.65. The lowest BCUT2D eigenvalue weighted by Crippen LogP contribution is -2.50. The number of aryl methyl sites for hydroxylation is 2. The number of nitrogens with zero attached hydrogens (tertiary/aromatic N) is 2. The molecule has 2 aromatic rings. The molecule has 3 rings (SSSR count). The van der Waals surface area contributed by atoms with Gasteiger partial charge in [-0.15, -0.1) is 0 Å². The maximum atomic E-state index is 13.3. The summed E-state index contributed by atoms with van der Waals surface area (Å²) >= 11 is 0. The Bertz CT molecular complexity index is 923. The van der Waals surface area contributed by atoms with Crippen LogP contribution in [0.3, 0.4) is 0 Å². The first-order valence-electron chi connectivity index (χ1n) is 9.30. The van der Waals surface area contributed by atoms with E-state index < -0.39 is 16.1 Å². The second kappa shape index (κ2) is 7.72. The van der Waals surface area contributed by atoms with E-state index in [0.717, 1.165) is 42.3 Å². The lowest BCUT2D eigenvalue weighted by molar-refractivity contribution is -0.119. The molecule has 1 heterocycles. The predicted octanol–water partition coefficient (Wildman–Crippen LogP) is 3.38. The Hall–Kier alpha value is -2.34. The normalized spacial score (nSPS) is 15.1. The Kier molecular flexibility index (Phi) is 5.56. The molecule has 2 aromatic carbocycles. The number of carbonyl (C=O) groups is 1. The van der Waals surface area contributed by atoms with Gasteiger partial charge >= 0.3 is 0 Å². The third kappa shape index (κ3) is 4.00. The number of anilines is 2. The number of benzene rings is 2. The van der Waals surface area contributed by atoms with Crippen molar-refractivity contribution in [2.45, 2.75) is 39.2 Å². The third-order valence-corrected chi connectivity index (χ3v) is 6.28. The van der Waals surface area contributed by atoms with Gasteiger partial charge in [0.15, 0.2) is 0 Å². The van der Waals surface area contributed by atoms with E-state index in [1.54, 1.807) is 24.0 Å². The van der Waals surface area contributed by atoms with Crippen molar-refractivity contribution >= 4 is 27.3 Å². The second-order valence-corrected chi connectivity index (χ2v) is 8.84. The average Bonchev–Trinajstić information content (AvgIpc) is 2.66. The Balaban J connectivity index is 1.95. The minimum Gasteiger partial charge on any atom is -0.310 e. The van der Waals surface area contributed by atoms with E-state index in [1.165, 1.54) is 4.31 Å². The number of para-hydroxylation sites is 1. The molecular formula is C21H26N2O3S. The van der Waals surface area contributed by atoms with Crippen LogP contribution in [0, 0.1) is 0 Å². The van der Waals surface area contributed by atoms with E-state index in [9.17, 15) is 13.2 Å². The monoisotopic (exact) mass is 386 g/mol. The summed E-state index contributed by atoms with van der Waals surface area (Å²) in [6.45, 7) is 4.31. The molecule has 6 heteroatoms. The fraction of sp³-hybridized carbons (Fsp3) is 0.381. The van der Waals surface area contributed by atoms with Gasteiger partial charge in [-0.1, -0.05) is 37.3 Å². The van der Waals surface area contributed by atoms with Crippen LogP contribution in [-0.4, -0.2) is 33.2 Å². The highest BCUT2D eigenvalue weighted by Gasteiger charge is 2.34. The van der Waals surface area contributed by atoms with Crippen LogP contribution in [-0.2, 0) is 27.7 Å². The van der Waals surface area contributed by atoms with E-state index >= 15 is 0 Å². The molecule has 5 nitrogen and oxygen atoms in total. The molecule has 0 aliphatic carbocycles. The van der Waals surface area contributed by atoms with Crippen molar-refractivity contribution in [3.8, 4) is 0 Å². The van der Waals surface area contributed by atoms with Crippen LogP contribution in [0.4, 0.5) is 11.4 Å². The molecule has 1 amide bonds. The molecule has 0 radical (unpaired) electrons. The summed E-state index contributed by atoms with van der Waals surface area (Å²) in [6.07, 6.45) is 3.83. The number of hydrogen-bond acceptors (Lipinski definition) is 3. The second-order valence-electron chi connectivity index (χ2n) is 6.98. The summed E-state index contributed by atoms with van der Waals surface area (Å²) in [7, 11) is -3.61. The van der Waals surface area contributed by atoms with Crippen LogP contribution >= 0.6 is 0 Å². The van der Waals surface area contributed by atoms with Crippen molar-refractivity contribution in [2.75, 3.05) is 22.0 Å². The quantitative estimate of drug-likeness (QED) is 0.791. The molecule has 1 unspecified atom stereocenters. The zero-order valence-corrected chi connectivity index (χ0v) is 16.9. The highest BCUT2D eigenvalue weighted by Crippen LogP contribution is 2.29. The molecule has 0 fully saturated rings. The van der Waals surface area contributed by atoms with Gasteiger partial charge in [0, 0.05) is 12.2 Å². The van der Waals surface area contributed by atoms with Gasteiger partial charge in [0.25, 0.3) is 5.91 Å². The van der Waals surface area contributed by atoms with E-state index in [2.05, 4.69) is 0 Å². The minimum absolute atomic E-state index is 0.202. The van der Waals surface area contributed by atoms with Crippen LogP contribution in [0.5, 0.6) is 0 Å². The van der Waals surface area contributed by atoms with E-state index in [1.807, 2.05) is 43.3 Å². The molecular weight excluding hydrogens is 360 g/mol. The predicted molar refractivity (Wildman–Crippen MR) is 110 cm³/mol. The Morgan fingerprint density at radius 2 is 1.81 bits per heavy atom. The average molecular weight is 387 g/mol. The maximum absolute atomic E-state index is 13.3. The molecule has 1 atom stereocenters. The fourth-order valence-electron chi connectivity index (χ4n) is 3.67. The van der Waals surface area contributed by atoms with E-state index in [-0.39, 0.29) is 5.91 Å². The van der Waals surface area contributed by atoms with Gasteiger partial charge in [-0.3, -0.25) is 9.10 Å². The molecule has 0 saturated heterocycles. The van der Waals surface area contributed by atoms with Gasteiger partial charge in [0.1, 0.15) is 6.04 Å². The van der Waals surface area contributed by atoms with E-state index in [4.69, 9.17) is 0 Å². The van der Waals surface area contributed by atoms with Crippen molar-refractivity contribution in [1.82, 2.24) is 0 Å². The third-order valence-electron chi connectivity index (χ3n) is 5.04. The van der Waals surface area contributed by atoms with Crippen LogP contribution in [0.15, 0.2) is 48.5 Å². The highest BCUT2D eigenvalue weighted by atomic mass is 32.2. The van der Waals surface area contributed by atoms with Crippen molar-refractivity contribution in [1.29, 1.82) is 0 Å². The Morgan fingerprint density at radius 3 is 2.44 bits per heavy atom. The molecule has 0 spiro atoms. The lowest BCUT2D eigenvalue weighted by atomic mass is 10.0. The number of rotatable bonds is 5. The summed E-state index contributed by atoms with van der Waals surface area (Å²) in [6, 6.07) is 14.4. The molecule has 144 valence electrons. The first-order chi connectivity index (χ1) is 12.8. The van der Waals surface area contributed by atoms with Crippen molar-refractivity contribution in [2.24, 2.45) is 0 Å². The topological polar surface area (TPSA) is 57.7 Å². The largest absolute Gasteiger partial charge is 0.310 e. The van der Waals surface area contributed by atoms with E-state index in [0.29, 0.717) is 12.2 Å². The van der Waals surface area contributed by atoms with Gasteiger partial charge in [0.05, 0.1) is 11.9 Å². The molecule has 27 heavy (non-hydrogen) atoms. The van der Waals surface area contributed by atoms with Crippen molar-refractivity contribution in [3.05, 3.63) is 59.7 Å². The number of amides is 1. The van der Waals surface area contributed by atoms with Crippen LogP contribution in [0.1, 0.15) is 31.4 Å². The van der Waals surface area contributed by atoms with Gasteiger partial charge in [-0.05, 0) is 55.5 Å². The molecule has 0 bridgehead atoms. The van der Waals surface area contributed by atoms with Crippen molar-refractivity contribution in [3.63, 3.8) is 0 Å². The maximum Gasteiger partial charge on any atom is 0.250 e. The smallest absolute Gasteiger partial charge is 0.250 e. The summed E-state index contributed by atoms with van der Waals surface area (Å²) in [4.78, 5) is 15.0. The number of carbonyl (C=O) groups excluding carboxylic acids is 1.